The first-order chi connectivity index (χ1) is 69.2. The number of likely N-dealkylation sites (N-methyl/N-ethyl adjacent to an activating group) is 2. The number of aliphatic imine (C=N–C) groups is 5. The van der Waals surface area contributed by atoms with Crippen LogP contribution < -0.4 is 28.7 Å². The molecule has 11 aromatic rings. The number of rotatable bonds is 18. The molecule has 0 bridgehead atoms. The van der Waals surface area contributed by atoms with E-state index in [1.807, 2.05) is 129 Å². The number of thiophene rings is 1. The largest absolute Gasteiger partial charge is 0.369 e. The molecule has 146 heavy (non-hydrogen) atoms. The van der Waals surface area contributed by atoms with Gasteiger partial charge in [-0.3, -0.25) is 68.2 Å². The van der Waals surface area contributed by atoms with Gasteiger partial charge in [0.15, 0.2) is 29.8 Å². The van der Waals surface area contributed by atoms with Gasteiger partial charge in [-0.25, -0.2) is 39.3 Å². The molecule has 27 nitrogen and oxygen atoms in total. The standard InChI is InChI=1S/2C26H28FN5O.C26H25FN4OS.C18H25ClN4O.C18H26N4O/c2*1-25(2,3)17-10-8-16(9-11-17)21-23(33)32(5)24(28)31-26(21,4)18-12-14-29-20(15-18)19-7-6-13-30-22(19)27;1-26(23-14-20(16-33-23)19-9-3-8-18(12-19)15-28)22(24(32)31(2)25(29)30-26)11-5-7-17-6-4-10-21(27)13-17;1-18(10-16(24)22(2)17(20)21-18)14-6-4-8-23(12-14)11-13-5-3-7-15(19)9-13;1-18(11-16(23)21(2)17(19)20-18)15-9-6-10-22(13-15)12-14-7-4-3-5-8-14/h2*6-15,21H,1-5H3,(H2,28,31);3-4,6,8-10,12-14,16,22H,5,7,11H2,1-2H3,(H2,29,30);3,5,7,9,14H,4,6,8,10-12H2,1-2H3,(H2,20,21);3-5,7-8,15H,6,9-13H2,1-2H3,(H2,19,20)/t21-,26+;21-,26-;22?,26-;14?,18-;15?,18-/m01000/s1. The van der Waals surface area contributed by atoms with Crippen molar-refractivity contribution in [3.63, 3.8) is 0 Å². The van der Waals surface area contributed by atoms with Crippen LogP contribution in [0, 0.1) is 46.8 Å². The van der Waals surface area contributed by atoms with E-state index in [9.17, 15) is 42.4 Å². The number of hydrogen-bond donors (Lipinski definition) is 5. The van der Waals surface area contributed by atoms with Crippen LogP contribution in [0.3, 0.4) is 0 Å². The molecular weight excluding hydrogens is 1880 g/mol. The lowest BCUT2D eigenvalue weighted by atomic mass is 9.73. The van der Waals surface area contributed by atoms with Crippen molar-refractivity contribution in [2.24, 2.45) is 71.4 Å². The summed E-state index contributed by atoms with van der Waals surface area (Å²) in [6, 6.07) is 66.5. The smallest absolute Gasteiger partial charge is 0.239 e. The van der Waals surface area contributed by atoms with Crippen LogP contribution in [0.15, 0.2) is 261 Å². The van der Waals surface area contributed by atoms with Crippen LogP contribution in [0.5, 0.6) is 0 Å². The van der Waals surface area contributed by atoms with Crippen molar-refractivity contribution in [3.8, 4) is 39.7 Å². The second-order valence-electron chi connectivity index (χ2n) is 41.8. The predicted octanol–water partition coefficient (Wildman–Crippen LogP) is 18.1. The summed E-state index contributed by atoms with van der Waals surface area (Å²) in [6.07, 6.45) is 13.3. The highest BCUT2D eigenvalue weighted by atomic mass is 35.5. The number of piperidine rings is 2. The average Bonchev–Trinajstić information content (AvgIpc) is 0.912. The highest BCUT2D eigenvalue weighted by Crippen LogP contribution is 2.50. The van der Waals surface area contributed by atoms with E-state index in [4.69, 9.17) is 55.2 Å². The number of halogens is 4. The van der Waals surface area contributed by atoms with E-state index in [0.717, 1.165) is 109 Å². The Morgan fingerprint density at radius 1 is 0.452 bits per heavy atom. The molecule has 762 valence electrons. The van der Waals surface area contributed by atoms with E-state index < -0.39 is 45.9 Å². The van der Waals surface area contributed by atoms with Gasteiger partial charge in [0, 0.05) is 96.1 Å². The van der Waals surface area contributed by atoms with Crippen LogP contribution in [0.1, 0.15) is 200 Å². The summed E-state index contributed by atoms with van der Waals surface area (Å²) in [5.41, 5.74) is 39.5. The predicted molar refractivity (Wildman–Crippen MR) is 572 cm³/mol. The number of carbonyl (C=O) groups excluding carboxylic acids is 5. The molecule has 0 radical (unpaired) electrons. The van der Waals surface area contributed by atoms with Crippen LogP contribution in [0.2, 0.25) is 5.02 Å². The zero-order chi connectivity index (χ0) is 105. The van der Waals surface area contributed by atoms with Gasteiger partial charge in [-0.05, 0) is 273 Å². The normalized spacial score (nSPS) is 23.6. The second kappa shape index (κ2) is 44.8. The third kappa shape index (κ3) is 24.3. The molecule has 7 aliphatic heterocycles. The van der Waals surface area contributed by atoms with Gasteiger partial charge >= 0.3 is 0 Å². The Morgan fingerprint density at radius 3 is 1.36 bits per heavy atom. The van der Waals surface area contributed by atoms with Crippen LogP contribution >= 0.6 is 22.9 Å². The number of benzene rings is 6. The van der Waals surface area contributed by atoms with Crippen LogP contribution in [0.25, 0.3) is 33.6 Å². The second-order valence-corrected chi connectivity index (χ2v) is 43.2. The van der Waals surface area contributed by atoms with Gasteiger partial charge in [-0.2, -0.15) is 14.0 Å². The molecule has 7 aliphatic rings. The van der Waals surface area contributed by atoms with Crippen LogP contribution in [-0.2, 0) is 70.9 Å². The van der Waals surface area contributed by atoms with Gasteiger partial charge in [-0.1, -0.05) is 168 Å². The molecule has 32 heteroatoms. The molecular formula is C114H132ClF3N22O5S. The zero-order valence-electron chi connectivity index (χ0n) is 86.0. The minimum Gasteiger partial charge on any atom is -0.369 e. The fourth-order valence-corrected chi connectivity index (χ4v) is 21.6. The number of nitrogens with two attached hydrogens (primary N) is 5. The molecule has 0 aliphatic carbocycles. The highest BCUT2D eigenvalue weighted by molar-refractivity contribution is 7.10. The van der Waals surface area contributed by atoms with E-state index >= 15 is 0 Å². The number of amides is 5. The van der Waals surface area contributed by atoms with E-state index in [1.165, 1.54) is 82.6 Å². The Kier molecular flexibility index (Phi) is 33.0. The molecule has 2 saturated heterocycles. The molecule has 5 amide bonds. The van der Waals surface area contributed by atoms with Crippen molar-refractivity contribution >= 4 is 82.3 Å². The van der Waals surface area contributed by atoms with Crippen LogP contribution in [-0.4, -0.2) is 186 Å². The van der Waals surface area contributed by atoms with Gasteiger partial charge in [-0.15, -0.1) is 11.3 Å². The number of hydrogen-bond acceptors (Lipinski definition) is 23. The summed E-state index contributed by atoms with van der Waals surface area (Å²) >= 11 is 7.63. The lowest BCUT2D eigenvalue weighted by molar-refractivity contribution is -0.134. The Hall–Kier alpha value is -14.2. The number of likely N-dealkylation sites (tertiary alicyclic amines) is 2. The van der Waals surface area contributed by atoms with Gasteiger partial charge in [0.25, 0.3) is 0 Å². The molecule has 6 aromatic carbocycles. The maximum Gasteiger partial charge on any atom is 0.239 e. The number of nitriles is 1. The van der Waals surface area contributed by atoms with Gasteiger partial charge < -0.3 is 28.7 Å². The fourth-order valence-electron chi connectivity index (χ4n) is 20.3. The number of aromatic nitrogens is 4. The van der Waals surface area contributed by atoms with Crippen molar-refractivity contribution in [2.75, 3.05) is 61.4 Å². The SMILES string of the molecule is CN1C(=O)C(CCCc2cccc(F)c2)[C@@](C)(c2cc(-c3cccc(C#N)c3)cs2)N=C1N.CN1C(=O)C[C@@](C)(C2CCCN(Cc3cccc(Cl)c3)C2)N=C1N.CN1C(=O)C[C@@](C)(C2CCCN(Cc3ccccc3)C2)N=C1N.CN1C(=O)[C@@H](c2ccc(C(C)(C)C)cc2)[C@@](C)(c2ccnc(-c3cccnc3F)c2)N=C1N.CN1C(=O)[C@H](c2ccc(C(C)(C)C)cc2)[C@@](C)(c2ccnc(-c3cccnc3F)c2)N=C1N. The first kappa shape index (κ1) is 108. The van der Waals surface area contributed by atoms with Crippen molar-refractivity contribution in [3.05, 3.63) is 320 Å². The number of carbonyl (C=O) groups is 5. The van der Waals surface area contributed by atoms with Crippen molar-refractivity contribution in [1.29, 1.82) is 5.26 Å². The van der Waals surface area contributed by atoms with E-state index in [2.05, 4.69) is 132 Å². The molecule has 10 atom stereocenters. The lowest BCUT2D eigenvalue weighted by Gasteiger charge is -2.43. The number of nitrogens with zero attached hydrogens (tertiary/aromatic N) is 17. The van der Waals surface area contributed by atoms with E-state index in [1.54, 1.807) is 108 Å². The Balaban J connectivity index is 0.000000145. The van der Waals surface area contributed by atoms with Crippen LogP contribution in [0.4, 0.5) is 13.2 Å². The lowest BCUT2D eigenvalue weighted by Crippen LogP contribution is -2.54. The summed E-state index contributed by atoms with van der Waals surface area (Å²) in [7, 11) is 8.28. The van der Waals surface area contributed by atoms with Crippen molar-refractivity contribution in [2.45, 2.75) is 197 Å². The zero-order valence-corrected chi connectivity index (χ0v) is 87.5. The molecule has 0 spiro atoms. The first-order valence-electron chi connectivity index (χ1n) is 49.3. The molecule has 10 N–H and O–H groups in total. The van der Waals surface area contributed by atoms with Crippen molar-refractivity contribution in [1.82, 2.24) is 54.2 Å². The van der Waals surface area contributed by atoms with Gasteiger partial charge in [0.2, 0.25) is 41.4 Å². The number of pyridine rings is 4. The molecule has 2 fully saturated rings. The van der Waals surface area contributed by atoms with Gasteiger partial charge in [0.1, 0.15) is 22.4 Å². The summed E-state index contributed by atoms with van der Waals surface area (Å²) in [5, 5.41) is 12.0. The summed E-state index contributed by atoms with van der Waals surface area (Å²) < 4.78 is 42.2. The number of aryl methyl sites for hydroxylation is 1. The molecule has 3 unspecified atom stereocenters. The third-order valence-electron chi connectivity index (χ3n) is 29.4. The maximum absolute atomic E-state index is 14.3. The minimum atomic E-state index is -1.01. The van der Waals surface area contributed by atoms with Crippen molar-refractivity contribution < 1.29 is 37.1 Å². The molecule has 0 saturated carbocycles. The summed E-state index contributed by atoms with van der Waals surface area (Å²) in [4.78, 5) is 117. The summed E-state index contributed by atoms with van der Waals surface area (Å²) in [6.45, 7) is 28.6. The Bertz CT molecular complexity index is 6630. The Morgan fingerprint density at radius 2 is 0.897 bits per heavy atom. The average molecular weight is 2010 g/mol. The fraction of sp³-hybridized carbons (Fsp3) is 0.377. The van der Waals surface area contributed by atoms with E-state index in [0.29, 0.717) is 77.5 Å². The van der Waals surface area contributed by atoms with E-state index in [-0.39, 0.29) is 86.6 Å². The quantitative estimate of drug-likeness (QED) is 0.0498. The third-order valence-corrected chi connectivity index (χ3v) is 30.8. The first-order valence-corrected chi connectivity index (χ1v) is 50.5. The van der Waals surface area contributed by atoms with Gasteiger partial charge in [0.05, 0.1) is 75.8 Å². The molecule has 5 aromatic heterocycles. The number of guanidine groups is 5. The summed E-state index contributed by atoms with van der Waals surface area (Å²) in [5.74, 6) is -1.47. The monoisotopic (exact) mass is 2010 g/mol. The molecule has 18 rings (SSSR count). The highest BCUT2D eigenvalue weighted by Gasteiger charge is 2.52. The molecule has 12 heterocycles. The minimum absolute atomic E-state index is 0.00836. The maximum atomic E-state index is 14.3. The topological polar surface area (TPSA) is 375 Å². The Labute approximate surface area is 863 Å².